The zero-order valence-electron chi connectivity index (χ0n) is 11.4. The number of thiocarbonyl (C=S) groups is 1. The standard InChI is InChI=1S/C14H18BrFN2OS/c1-2-19-9-4-3-7-18(8-9)11-6-5-10(14(17)20)12(15)13(11)16/h5-6,9H,2-4,7-8H2,1H3,(H2,17,20). The highest BCUT2D eigenvalue weighted by atomic mass is 79.9. The van der Waals surface area contributed by atoms with Crippen molar-refractivity contribution >= 4 is 38.8 Å². The molecule has 0 spiro atoms. The molecule has 0 amide bonds. The molecule has 1 unspecified atom stereocenters. The van der Waals surface area contributed by atoms with Gasteiger partial charge >= 0.3 is 0 Å². The molecule has 6 heteroatoms. The van der Waals surface area contributed by atoms with Crippen LogP contribution >= 0.6 is 28.1 Å². The van der Waals surface area contributed by atoms with Crippen molar-refractivity contribution in [2.24, 2.45) is 5.73 Å². The van der Waals surface area contributed by atoms with Crippen molar-refractivity contribution in [2.75, 3.05) is 24.6 Å². The third-order valence-corrected chi connectivity index (χ3v) is 4.44. The van der Waals surface area contributed by atoms with Gasteiger partial charge in [0.2, 0.25) is 0 Å². The van der Waals surface area contributed by atoms with Crippen LogP contribution in [-0.4, -0.2) is 30.8 Å². The minimum atomic E-state index is -0.313. The van der Waals surface area contributed by atoms with Crippen LogP contribution in [0.15, 0.2) is 16.6 Å². The summed E-state index contributed by atoms with van der Waals surface area (Å²) in [6, 6.07) is 3.50. The summed E-state index contributed by atoms with van der Waals surface area (Å²) in [5, 5.41) is 0. The lowest BCUT2D eigenvalue weighted by Gasteiger charge is -2.34. The highest BCUT2D eigenvalue weighted by Crippen LogP contribution is 2.31. The molecular weight excluding hydrogens is 343 g/mol. The number of hydrogen-bond acceptors (Lipinski definition) is 3. The number of nitrogens with zero attached hydrogens (tertiary/aromatic N) is 1. The number of nitrogens with two attached hydrogens (primary N) is 1. The summed E-state index contributed by atoms with van der Waals surface area (Å²) in [6.07, 6.45) is 2.19. The average Bonchev–Trinajstić information content (AvgIpc) is 2.42. The van der Waals surface area contributed by atoms with E-state index in [1.165, 1.54) is 0 Å². The Balaban J connectivity index is 2.24. The topological polar surface area (TPSA) is 38.5 Å². The van der Waals surface area contributed by atoms with Crippen LogP contribution in [0.4, 0.5) is 10.1 Å². The first kappa shape index (κ1) is 15.7. The fourth-order valence-electron chi connectivity index (χ4n) is 2.50. The van der Waals surface area contributed by atoms with Crippen molar-refractivity contribution < 1.29 is 9.13 Å². The van der Waals surface area contributed by atoms with Gasteiger partial charge in [-0.1, -0.05) is 12.2 Å². The molecule has 1 fully saturated rings. The number of hydrogen-bond donors (Lipinski definition) is 1. The molecule has 1 aromatic rings. The molecule has 1 saturated heterocycles. The van der Waals surface area contributed by atoms with Crippen molar-refractivity contribution in [2.45, 2.75) is 25.9 Å². The van der Waals surface area contributed by atoms with Gasteiger partial charge in [-0.15, -0.1) is 0 Å². The van der Waals surface area contributed by atoms with Crippen molar-refractivity contribution in [1.29, 1.82) is 0 Å². The van der Waals surface area contributed by atoms with Crippen molar-refractivity contribution in [3.05, 3.63) is 28.0 Å². The van der Waals surface area contributed by atoms with Gasteiger partial charge in [-0.25, -0.2) is 4.39 Å². The van der Waals surface area contributed by atoms with E-state index in [1.807, 2.05) is 11.8 Å². The van der Waals surface area contributed by atoms with E-state index in [9.17, 15) is 4.39 Å². The van der Waals surface area contributed by atoms with Gasteiger partial charge in [-0.2, -0.15) is 0 Å². The van der Waals surface area contributed by atoms with Gasteiger partial charge in [-0.3, -0.25) is 0 Å². The van der Waals surface area contributed by atoms with E-state index >= 15 is 0 Å². The fraction of sp³-hybridized carbons (Fsp3) is 0.500. The largest absolute Gasteiger partial charge is 0.389 e. The SMILES string of the molecule is CCOC1CCCN(c2ccc(C(N)=S)c(Br)c2F)C1. The first-order chi connectivity index (χ1) is 9.54. The Morgan fingerprint density at radius 1 is 1.60 bits per heavy atom. The molecule has 0 aromatic heterocycles. The van der Waals surface area contributed by atoms with E-state index in [0.29, 0.717) is 28.9 Å². The molecule has 2 rings (SSSR count). The van der Waals surface area contributed by atoms with Gasteiger partial charge in [-0.05, 0) is 47.8 Å². The summed E-state index contributed by atoms with van der Waals surface area (Å²) in [5.74, 6) is -0.313. The molecule has 1 atom stereocenters. The molecular formula is C14H18BrFN2OS. The predicted molar refractivity (Wildman–Crippen MR) is 86.8 cm³/mol. The maximum Gasteiger partial charge on any atom is 0.161 e. The minimum absolute atomic E-state index is 0.169. The van der Waals surface area contributed by atoms with Crippen LogP contribution in [0.1, 0.15) is 25.3 Å². The van der Waals surface area contributed by atoms with Crippen LogP contribution in [0.3, 0.4) is 0 Å². The average molecular weight is 361 g/mol. The van der Waals surface area contributed by atoms with Gasteiger partial charge in [0.05, 0.1) is 16.3 Å². The molecule has 1 aliphatic rings. The predicted octanol–water partition coefficient (Wildman–Crippen LogP) is 3.23. The molecule has 2 N–H and O–H groups in total. The molecule has 0 aliphatic carbocycles. The van der Waals surface area contributed by atoms with Crippen LogP contribution in [-0.2, 0) is 4.74 Å². The smallest absolute Gasteiger partial charge is 0.161 e. The monoisotopic (exact) mass is 360 g/mol. The summed E-state index contributed by atoms with van der Waals surface area (Å²) in [6.45, 7) is 4.21. The molecule has 110 valence electrons. The van der Waals surface area contributed by atoms with E-state index in [1.54, 1.807) is 12.1 Å². The molecule has 1 aromatic carbocycles. The van der Waals surface area contributed by atoms with Crippen LogP contribution < -0.4 is 10.6 Å². The molecule has 0 bridgehead atoms. The molecule has 3 nitrogen and oxygen atoms in total. The molecule has 20 heavy (non-hydrogen) atoms. The van der Waals surface area contributed by atoms with E-state index in [0.717, 1.165) is 19.4 Å². The lowest BCUT2D eigenvalue weighted by molar-refractivity contribution is 0.0525. The van der Waals surface area contributed by atoms with Gasteiger partial charge in [0.1, 0.15) is 4.99 Å². The fourth-order valence-corrected chi connectivity index (χ4v) is 3.35. The highest BCUT2D eigenvalue weighted by Gasteiger charge is 2.24. The maximum absolute atomic E-state index is 14.5. The minimum Gasteiger partial charge on any atom is -0.389 e. The van der Waals surface area contributed by atoms with Gasteiger partial charge in [0.15, 0.2) is 5.82 Å². The Labute approximate surface area is 132 Å². The van der Waals surface area contributed by atoms with E-state index in [4.69, 9.17) is 22.7 Å². The normalized spacial score (nSPS) is 19.1. The lowest BCUT2D eigenvalue weighted by Crippen LogP contribution is -2.40. The van der Waals surface area contributed by atoms with Crippen LogP contribution in [0.2, 0.25) is 0 Å². The number of ether oxygens (including phenoxy) is 1. The van der Waals surface area contributed by atoms with E-state index in [2.05, 4.69) is 15.9 Å². The maximum atomic E-state index is 14.5. The van der Waals surface area contributed by atoms with Crippen LogP contribution in [0, 0.1) is 5.82 Å². The highest BCUT2D eigenvalue weighted by molar-refractivity contribution is 9.10. The Morgan fingerprint density at radius 2 is 2.35 bits per heavy atom. The summed E-state index contributed by atoms with van der Waals surface area (Å²) in [5.41, 5.74) is 6.67. The molecule has 0 saturated carbocycles. The Hall–Kier alpha value is -0.720. The number of piperidine rings is 1. The number of benzene rings is 1. The van der Waals surface area contributed by atoms with Crippen molar-refractivity contribution in [1.82, 2.24) is 0 Å². The van der Waals surface area contributed by atoms with Gasteiger partial charge in [0, 0.05) is 25.3 Å². The zero-order valence-corrected chi connectivity index (χ0v) is 13.8. The number of rotatable bonds is 4. The molecule has 1 heterocycles. The van der Waals surface area contributed by atoms with E-state index < -0.39 is 0 Å². The quantitative estimate of drug-likeness (QED) is 0.836. The number of halogens is 2. The summed E-state index contributed by atoms with van der Waals surface area (Å²) >= 11 is 8.15. The van der Waals surface area contributed by atoms with Crippen molar-refractivity contribution in [3.8, 4) is 0 Å². The summed E-state index contributed by atoms with van der Waals surface area (Å²) < 4.78 is 20.5. The Morgan fingerprint density at radius 3 is 3.00 bits per heavy atom. The Bertz CT molecular complexity index is 510. The van der Waals surface area contributed by atoms with Crippen LogP contribution in [0.5, 0.6) is 0 Å². The second-order valence-electron chi connectivity index (χ2n) is 4.79. The van der Waals surface area contributed by atoms with E-state index in [-0.39, 0.29) is 16.9 Å². The van der Waals surface area contributed by atoms with Gasteiger partial charge < -0.3 is 15.4 Å². The van der Waals surface area contributed by atoms with Crippen LogP contribution in [0.25, 0.3) is 0 Å². The third-order valence-electron chi connectivity index (χ3n) is 3.45. The first-order valence-electron chi connectivity index (χ1n) is 6.69. The molecule has 1 aliphatic heterocycles. The van der Waals surface area contributed by atoms with Gasteiger partial charge in [0.25, 0.3) is 0 Å². The second kappa shape index (κ2) is 6.83. The lowest BCUT2D eigenvalue weighted by atomic mass is 10.1. The summed E-state index contributed by atoms with van der Waals surface area (Å²) in [4.78, 5) is 2.21. The zero-order chi connectivity index (χ0) is 14.7. The Kier molecular flexibility index (Phi) is 5.35. The summed E-state index contributed by atoms with van der Waals surface area (Å²) in [7, 11) is 0. The number of anilines is 1. The third kappa shape index (κ3) is 3.30. The first-order valence-corrected chi connectivity index (χ1v) is 7.89. The van der Waals surface area contributed by atoms with Crippen molar-refractivity contribution in [3.63, 3.8) is 0 Å². The second-order valence-corrected chi connectivity index (χ2v) is 6.02. The molecule has 0 radical (unpaired) electrons.